The second-order valence-electron chi connectivity index (χ2n) is 4.83. The van der Waals surface area contributed by atoms with Gasteiger partial charge in [-0.25, -0.2) is 4.98 Å². The molecule has 0 aliphatic carbocycles. The number of aromatic amines is 1. The molecule has 2 aromatic rings. The lowest BCUT2D eigenvalue weighted by atomic mass is 9.96. The van der Waals surface area contributed by atoms with Gasteiger partial charge in [-0.1, -0.05) is 18.2 Å². The third kappa shape index (κ3) is 3.39. The zero-order valence-electron chi connectivity index (χ0n) is 11.6. The summed E-state index contributed by atoms with van der Waals surface area (Å²) in [5.74, 6) is 0.155. The lowest BCUT2D eigenvalue weighted by Crippen LogP contribution is -2.20. The van der Waals surface area contributed by atoms with Crippen LogP contribution in [0.4, 0.5) is 0 Å². The van der Waals surface area contributed by atoms with E-state index in [2.05, 4.69) is 9.97 Å². The minimum atomic E-state index is -0.675. The van der Waals surface area contributed by atoms with Crippen molar-refractivity contribution in [3.8, 4) is 0 Å². The third-order valence-electron chi connectivity index (χ3n) is 3.24. The van der Waals surface area contributed by atoms with E-state index in [-0.39, 0.29) is 18.6 Å². The summed E-state index contributed by atoms with van der Waals surface area (Å²) in [6.45, 7) is 4.28. The Morgan fingerprint density at radius 1 is 1.35 bits per heavy atom. The van der Waals surface area contributed by atoms with Crippen molar-refractivity contribution in [1.82, 2.24) is 9.97 Å². The Hall–Kier alpha value is -1.36. The molecule has 2 unspecified atom stereocenters. The van der Waals surface area contributed by atoms with Gasteiger partial charge in [0.15, 0.2) is 0 Å². The number of ether oxygens (including phenoxy) is 1. The molecule has 5 heteroatoms. The maximum absolute atomic E-state index is 9.61. The molecule has 0 saturated heterocycles. The second kappa shape index (κ2) is 6.88. The van der Waals surface area contributed by atoms with Crippen molar-refractivity contribution in [2.24, 2.45) is 0 Å². The van der Waals surface area contributed by atoms with E-state index in [4.69, 9.17) is 16.3 Å². The van der Waals surface area contributed by atoms with Gasteiger partial charge in [0, 0.05) is 0 Å². The zero-order valence-corrected chi connectivity index (χ0v) is 12.4. The van der Waals surface area contributed by atoms with Crippen LogP contribution in [0.5, 0.6) is 0 Å². The predicted octanol–water partition coefficient (Wildman–Crippen LogP) is 2.73. The van der Waals surface area contributed by atoms with E-state index >= 15 is 0 Å². The number of nitrogens with one attached hydrogen (secondary N) is 1. The summed E-state index contributed by atoms with van der Waals surface area (Å²) in [4.78, 5) is 7.13. The Morgan fingerprint density at radius 2 is 2.05 bits per heavy atom. The smallest absolute Gasteiger partial charge is 0.124 e. The van der Waals surface area contributed by atoms with Crippen LogP contribution in [0.15, 0.2) is 30.7 Å². The number of benzene rings is 1. The molecule has 1 aromatic carbocycles. The molecule has 1 heterocycles. The van der Waals surface area contributed by atoms with Crippen LogP contribution in [0.2, 0.25) is 0 Å². The van der Waals surface area contributed by atoms with Gasteiger partial charge in [0.25, 0.3) is 0 Å². The first kappa shape index (κ1) is 15.0. The number of imidazole rings is 1. The molecule has 20 heavy (non-hydrogen) atoms. The molecule has 0 aliphatic heterocycles. The molecule has 1 aromatic heterocycles. The highest BCUT2D eigenvalue weighted by molar-refractivity contribution is 6.18. The average Bonchev–Trinajstić information content (AvgIpc) is 2.95. The highest BCUT2D eigenvalue weighted by atomic mass is 35.5. The maximum Gasteiger partial charge on any atom is 0.124 e. The number of aliphatic hydroxyl groups is 1. The van der Waals surface area contributed by atoms with Crippen LogP contribution in [-0.4, -0.2) is 33.7 Å². The summed E-state index contributed by atoms with van der Waals surface area (Å²) in [6.07, 6.45) is 2.41. The van der Waals surface area contributed by atoms with Crippen molar-refractivity contribution in [3.05, 3.63) is 53.1 Å². The highest BCUT2D eigenvalue weighted by Gasteiger charge is 2.21. The van der Waals surface area contributed by atoms with Crippen LogP contribution in [0, 0.1) is 13.8 Å². The van der Waals surface area contributed by atoms with E-state index in [0.717, 1.165) is 22.4 Å². The van der Waals surface area contributed by atoms with Crippen molar-refractivity contribution in [2.45, 2.75) is 26.1 Å². The normalized spacial score (nSPS) is 14.2. The summed E-state index contributed by atoms with van der Waals surface area (Å²) < 4.78 is 5.88. The van der Waals surface area contributed by atoms with Gasteiger partial charge < -0.3 is 14.8 Å². The van der Waals surface area contributed by atoms with Crippen LogP contribution in [-0.2, 0) is 4.74 Å². The molecular weight excluding hydrogens is 276 g/mol. The summed E-state index contributed by atoms with van der Waals surface area (Å²) in [6, 6.07) is 6.12. The number of rotatable bonds is 6. The largest absolute Gasteiger partial charge is 0.389 e. The SMILES string of the molecule is Cc1cccc(C)c1C(OCC(O)CCl)c1cnc[nH]1. The molecule has 4 nitrogen and oxygen atoms in total. The quantitative estimate of drug-likeness (QED) is 0.806. The van der Waals surface area contributed by atoms with Crippen LogP contribution in [0.3, 0.4) is 0 Å². The first-order chi connectivity index (χ1) is 9.63. The third-order valence-corrected chi connectivity index (χ3v) is 3.60. The molecule has 0 amide bonds. The van der Waals surface area contributed by atoms with E-state index in [1.54, 1.807) is 12.5 Å². The number of alkyl halides is 1. The van der Waals surface area contributed by atoms with Crippen molar-refractivity contribution in [1.29, 1.82) is 0 Å². The molecule has 2 rings (SSSR count). The monoisotopic (exact) mass is 294 g/mol. The average molecular weight is 295 g/mol. The standard InChI is InChI=1S/C15H19ClN2O2/c1-10-4-3-5-11(2)14(10)15(13-7-17-9-18-13)20-8-12(19)6-16/h3-5,7,9,12,15,19H,6,8H2,1-2H3,(H,17,18). The number of aromatic nitrogens is 2. The maximum atomic E-state index is 9.61. The van der Waals surface area contributed by atoms with Gasteiger partial charge in [-0.05, 0) is 30.5 Å². The van der Waals surface area contributed by atoms with Gasteiger partial charge in [-0.2, -0.15) is 0 Å². The van der Waals surface area contributed by atoms with Gasteiger partial charge in [0.2, 0.25) is 0 Å². The van der Waals surface area contributed by atoms with Crippen molar-refractivity contribution in [3.63, 3.8) is 0 Å². The highest BCUT2D eigenvalue weighted by Crippen LogP contribution is 2.29. The summed E-state index contributed by atoms with van der Waals surface area (Å²) >= 11 is 5.62. The first-order valence-electron chi connectivity index (χ1n) is 6.53. The molecule has 0 bridgehead atoms. The second-order valence-corrected chi connectivity index (χ2v) is 5.14. The van der Waals surface area contributed by atoms with Crippen LogP contribution < -0.4 is 0 Å². The number of hydrogen-bond acceptors (Lipinski definition) is 3. The van der Waals surface area contributed by atoms with Crippen molar-refractivity contribution < 1.29 is 9.84 Å². The molecule has 0 fully saturated rings. The van der Waals surface area contributed by atoms with Gasteiger partial charge >= 0.3 is 0 Å². The minimum Gasteiger partial charge on any atom is -0.389 e. The Bertz CT molecular complexity index is 523. The number of nitrogens with zero attached hydrogens (tertiary/aromatic N) is 1. The van der Waals surface area contributed by atoms with Gasteiger partial charge in [0.05, 0.1) is 36.8 Å². The van der Waals surface area contributed by atoms with Gasteiger partial charge in [0.1, 0.15) is 6.10 Å². The molecule has 108 valence electrons. The number of H-pyrrole nitrogens is 1. The fourth-order valence-electron chi connectivity index (χ4n) is 2.23. The fourth-order valence-corrected chi connectivity index (χ4v) is 2.32. The first-order valence-corrected chi connectivity index (χ1v) is 7.07. The molecular formula is C15H19ClN2O2. The Labute approximate surface area is 123 Å². The number of aliphatic hydroxyl groups excluding tert-OH is 1. The number of hydrogen-bond donors (Lipinski definition) is 2. The summed E-state index contributed by atoms with van der Waals surface area (Å²) in [5, 5.41) is 9.61. The molecule has 0 aliphatic rings. The summed E-state index contributed by atoms with van der Waals surface area (Å²) in [7, 11) is 0. The van der Waals surface area contributed by atoms with E-state index in [1.807, 2.05) is 32.0 Å². The van der Waals surface area contributed by atoms with Gasteiger partial charge in [-0.15, -0.1) is 11.6 Å². The van der Waals surface area contributed by atoms with E-state index in [9.17, 15) is 5.11 Å². The van der Waals surface area contributed by atoms with E-state index in [1.165, 1.54) is 0 Å². The van der Waals surface area contributed by atoms with Crippen molar-refractivity contribution >= 4 is 11.6 Å². The van der Waals surface area contributed by atoms with Crippen molar-refractivity contribution in [2.75, 3.05) is 12.5 Å². The number of aryl methyl sites for hydroxylation is 2. The minimum absolute atomic E-state index is 0.155. The van der Waals surface area contributed by atoms with Crippen LogP contribution in [0.25, 0.3) is 0 Å². The lowest BCUT2D eigenvalue weighted by molar-refractivity contribution is 0.0131. The topological polar surface area (TPSA) is 58.1 Å². The Balaban J connectivity index is 2.32. The van der Waals surface area contributed by atoms with Gasteiger partial charge in [-0.3, -0.25) is 0 Å². The Morgan fingerprint density at radius 3 is 2.60 bits per heavy atom. The zero-order chi connectivity index (χ0) is 14.5. The fraction of sp³-hybridized carbons (Fsp3) is 0.400. The molecule has 0 radical (unpaired) electrons. The van der Waals surface area contributed by atoms with Crippen LogP contribution in [0.1, 0.15) is 28.5 Å². The van der Waals surface area contributed by atoms with Crippen LogP contribution >= 0.6 is 11.6 Å². The molecule has 0 spiro atoms. The molecule has 2 atom stereocenters. The molecule has 0 saturated carbocycles. The lowest BCUT2D eigenvalue weighted by Gasteiger charge is -2.22. The van der Waals surface area contributed by atoms with E-state index < -0.39 is 6.10 Å². The van der Waals surface area contributed by atoms with E-state index in [0.29, 0.717) is 0 Å². The molecule has 2 N–H and O–H groups in total. The Kier molecular flexibility index (Phi) is 5.17. The predicted molar refractivity (Wildman–Crippen MR) is 79.0 cm³/mol. The number of halogens is 1. The summed E-state index contributed by atoms with van der Waals surface area (Å²) in [5.41, 5.74) is 4.25.